The SMILES string of the molecule is Nc1ccc(-c2cccs2)cc1CC(=O)c1ccc(CC2CCN(c3ccccc3)CC2)cc1. The number of thiophene rings is 1. The second-order valence-corrected chi connectivity index (χ2v) is 10.1. The Morgan fingerprint density at radius 2 is 1.68 bits per heavy atom. The highest BCUT2D eigenvalue weighted by Gasteiger charge is 2.20. The predicted molar refractivity (Wildman–Crippen MR) is 144 cm³/mol. The lowest BCUT2D eigenvalue weighted by Gasteiger charge is -2.33. The van der Waals surface area contributed by atoms with E-state index in [0.29, 0.717) is 18.0 Å². The van der Waals surface area contributed by atoms with E-state index >= 15 is 0 Å². The molecule has 1 saturated heterocycles. The number of benzene rings is 3. The van der Waals surface area contributed by atoms with E-state index in [0.717, 1.165) is 36.2 Å². The lowest BCUT2D eigenvalue weighted by atomic mass is 9.89. The number of carbonyl (C=O) groups excluding carboxylic acids is 1. The van der Waals surface area contributed by atoms with Gasteiger partial charge >= 0.3 is 0 Å². The van der Waals surface area contributed by atoms with Gasteiger partial charge in [-0.05, 0) is 77.6 Å². The Hall–Kier alpha value is -3.37. The maximum absolute atomic E-state index is 13.0. The van der Waals surface area contributed by atoms with Gasteiger partial charge in [0.15, 0.2) is 5.78 Å². The van der Waals surface area contributed by atoms with Gasteiger partial charge in [0.1, 0.15) is 0 Å². The number of Topliss-reactive ketones (excluding diaryl/α,β-unsaturated/α-hetero) is 1. The fourth-order valence-corrected chi connectivity index (χ4v) is 5.55. The number of nitrogen functional groups attached to an aromatic ring is 1. The summed E-state index contributed by atoms with van der Waals surface area (Å²) in [5, 5.41) is 2.06. The summed E-state index contributed by atoms with van der Waals surface area (Å²) in [5.74, 6) is 0.805. The van der Waals surface area contributed by atoms with E-state index in [-0.39, 0.29) is 5.78 Å². The summed E-state index contributed by atoms with van der Waals surface area (Å²) in [4.78, 5) is 16.6. The van der Waals surface area contributed by atoms with Gasteiger partial charge in [0.2, 0.25) is 0 Å². The average molecular weight is 467 g/mol. The second-order valence-electron chi connectivity index (χ2n) is 9.16. The number of hydrogen-bond donors (Lipinski definition) is 1. The number of hydrogen-bond acceptors (Lipinski definition) is 4. The molecule has 0 radical (unpaired) electrons. The third-order valence-electron chi connectivity index (χ3n) is 6.84. The van der Waals surface area contributed by atoms with E-state index in [1.54, 1.807) is 11.3 Å². The Morgan fingerprint density at radius 3 is 2.38 bits per heavy atom. The molecule has 0 atom stereocenters. The number of nitrogens with two attached hydrogens (primary N) is 1. The van der Waals surface area contributed by atoms with Crippen LogP contribution >= 0.6 is 11.3 Å². The topological polar surface area (TPSA) is 46.3 Å². The van der Waals surface area contributed by atoms with E-state index in [1.807, 2.05) is 30.3 Å². The summed E-state index contributed by atoms with van der Waals surface area (Å²) in [6, 6.07) is 29.0. The first-order chi connectivity index (χ1) is 16.7. The molecule has 2 N–H and O–H groups in total. The molecule has 0 bridgehead atoms. The molecule has 4 heteroatoms. The van der Waals surface area contributed by atoms with Crippen molar-refractivity contribution >= 4 is 28.5 Å². The molecule has 0 aliphatic carbocycles. The van der Waals surface area contributed by atoms with Gasteiger partial charge in [0, 0.05) is 41.3 Å². The van der Waals surface area contributed by atoms with Crippen molar-refractivity contribution in [1.29, 1.82) is 0 Å². The number of ketones is 1. The first kappa shape index (κ1) is 22.4. The molecule has 172 valence electrons. The summed E-state index contributed by atoms with van der Waals surface area (Å²) in [6.45, 7) is 2.22. The monoisotopic (exact) mass is 466 g/mol. The highest BCUT2D eigenvalue weighted by atomic mass is 32.1. The third kappa shape index (κ3) is 5.23. The van der Waals surface area contributed by atoms with Gasteiger partial charge in [-0.2, -0.15) is 0 Å². The van der Waals surface area contributed by atoms with Crippen LogP contribution in [-0.4, -0.2) is 18.9 Å². The zero-order valence-electron chi connectivity index (χ0n) is 19.3. The molecule has 1 aromatic heterocycles. The Labute approximate surface area is 205 Å². The molecule has 1 aliphatic heterocycles. The molecule has 0 spiro atoms. The van der Waals surface area contributed by atoms with Crippen LogP contribution in [0.5, 0.6) is 0 Å². The molecule has 1 aliphatic rings. The van der Waals surface area contributed by atoms with Gasteiger partial charge in [0.25, 0.3) is 0 Å². The van der Waals surface area contributed by atoms with Crippen LogP contribution in [0.15, 0.2) is 90.3 Å². The first-order valence-electron chi connectivity index (χ1n) is 12.0. The molecule has 5 rings (SSSR count). The normalized spacial score (nSPS) is 14.3. The molecule has 34 heavy (non-hydrogen) atoms. The zero-order valence-corrected chi connectivity index (χ0v) is 20.1. The summed E-state index contributed by atoms with van der Waals surface area (Å²) in [7, 11) is 0. The van der Waals surface area contributed by atoms with Gasteiger partial charge in [-0.15, -0.1) is 11.3 Å². The number of carbonyl (C=O) groups is 1. The summed E-state index contributed by atoms with van der Waals surface area (Å²) in [5.41, 5.74) is 12.3. The van der Waals surface area contributed by atoms with Crippen LogP contribution in [0.1, 0.15) is 34.3 Å². The van der Waals surface area contributed by atoms with Crippen molar-refractivity contribution in [3.63, 3.8) is 0 Å². The summed E-state index contributed by atoms with van der Waals surface area (Å²) >= 11 is 1.69. The fraction of sp³-hybridized carbons (Fsp3) is 0.233. The third-order valence-corrected chi connectivity index (χ3v) is 7.75. The Kier molecular flexibility index (Phi) is 6.77. The van der Waals surface area contributed by atoms with Crippen LogP contribution in [0, 0.1) is 5.92 Å². The first-order valence-corrected chi connectivity index (χ1v) is 12.9. The van der Waals surface area contributed by atoms with Gasteiger partial charge in [-0.25, -0.2) is 0 Å². The summed E-state index contributed by atoms with van der Waals surface area (Å²) in [6.07, 6.45) is 3.81. The minimum Gasteiger partial charge on any atom is -0.398 e. The van der Waals surface area contributed by atoms with Gasteiger partial charge in [-0.3, -0.25) is 4.79 Å². The minimum atomic E-state index is 0.109. The van der Waals surface area contributed by atoms with Crippen molar-refractivity contribution < 1.29 is 4.79 Å². The number of anilines is 2. The van der Waals surface area contributed by atoms with E-state index in [9.17, 15) is 4.79 Å². The molecule has 0 saturated carbocycles. The Bertz CT molecular complexity index is 1220. The quantitative estimate of drug-likeness (QED) is 0.238. The molecule has 0 amide bonds. The lowest BCUT2D eigenvalue weighted by Crippen LogP contribution is -2.34. The zero-order chi connectivity index (χ0) is 23.3. The number of para-hydroxylation sites is 1. The molecule has 3 nitrogen and oxygen atoms in total. The van der Waals surface area contributed by atoms with Crippen LogP contribution in [0.2, 0.25) is 0 Å². The molecular weight excluding hydrogens is 436 g/mol. The fourth-order valence-electron chi connectivity index (χ4n) is 4.82. The van der Waals surface area contributed by atoms with Crippen molar-refractivity contribution in [2.75, 3.05) is 23.7 Å². The molecule has 3 aromatic carbocycles. The predicted octanol–water partition coefficient (Wildman–Crippen LogP) is 6.88. The largest absolute Gasteiger partial charge is 0.398 e. The van der Waals surface area contributed by atoms with Crippen LogP contribution in [0.4, 0.5) is 11.4 Å². The van der Waals surface area contributed by atoms with Crippen molar-refractivity contribution in [3.8, 4) is 10.4 Å². The number of piperidine rings is 1. The summed E-state index contributed by atoms with van der Waals surface area (Å²) < 4.78 is 0. The van der Waals surface area contributed by atoms with E-state index in [1.165, 1.54) is 29.0 Å². The highest BCUT2D eigenvalue weighted by molar-refractivity contribution is 7.13. The van der Waals surface area contributed by atoms with Crippen molar-refractivity contribution in [2.24, 2.45) is 5.92 Å². The second kappa shape index (κ2) is 10.3. The van der Waals surface area contributed by atoms with E-state index in [2.05, 4.69) is 64.9 Å². The van der Waals surface area contributed by atoms with Crippen LogP contribution in [-0.2, 0) is 12.8 Å². The van der Waals surface area contributed by atoms with E-state index < -0.39 is 0 Å². The van der Waals surface area contributed by atoms with Crippen LogP contribution in [0.3, 0.4) is 0 Å². The maximum Gasteiger partial charge on any atom is 0.167 e. The molecular formula is C30H30N2OS. The van der Waals surface area contributed by atoms with Gasteiger partial charge in [0.05, 0.1) is 0 Å². The lowest BCUT2D eigenvalue weighted by molar-refractivity contribution is 0.0993. The molecule has 0 unspecified atom stereocenters. The van der Waals surface area contributed by atoms with Crippen LogP contribution in [0.25, 0.3) is 10.4 Å². The van der Waals surface area contributed by atoms with Crippen LogP contribution < -0.4 is 10.6 Å². The van der Waals surface area contributed by atoms with Crippen molar-refractivity contribution in [1.82, 2.24) is 0 Å². The minimum absolute atomic E-state index is 0.109. The molecule has 1 fully saturated rings. The molecule has 4 aromatic rings. The maximum atomic E-state index is 13.0. The standard InChI is InChI=1S/C30H30N2OS/c31-28-13-12-25(30-7-4-18-34-30)20-26(28)21-29(33)24-10-8-22(9-11-24)19-23-14-16-32(17-15-23)27-5-2-1-3-6-27/h1-13,18,20,23H,14-17,19,21,31H2. The molecule has 2 heterocycles. The van der Waals surface area contributed by atoms with Crippen molar-refractivity contribution in [2.45, 2.75) is 25.7 Å². The Balaban J connectivity index is 1.18. The van der Waals surface area contributed by atoms with E-state index in [4.69, 9.17) is 5.73 Å². The van der Waals surface area contributed by atoms with Gasteiger partial charge in [-0.1, -0.05) is 54.6 Å². The van der Waals surface area contributed by atoms with Crippen molar-refractivity contribution in [3.05, 3.63) is 107 Å². The highest BCUT2D eigenvalue weighted by Crippen LogP contribution is 2.29. The smallest absolute Gasteiger partial charge is 0.167 e. The Morgan fingerprint density at radius 1 is 0.912 bits per heavy atom. The number of rotatable bonds is 7. The number of nitrogens with zero attached hydrogens (tertiary/aromatic N) is 1. The van der Waals surface area contributed by atoms with Gasteiger partial charge < -0.3 is 10.6 Å². The average Bonchev–Trinajstić information content (AvgIpc) is 3.42.